The summed E-state index contributed by atoms with van der Waals surface area (Å²) in [4.78, 5) is 0. The van der Waals surface area contributed by atoms with Gasteiger partial charge in [0.2, 0.25) is 0 Å². The Hall–Kier alpha value is -5.48. The van der Waals surface area contributed by atoms with Crippen LogP contribution in [0.2, 0.25) is 0 Å². The molecule has 0 bridgehead atoms. The number of methoxy groups -OCH3 is 1. The molecule has 4 heteroatoms. The Balaban J connectivity index is 1.06. The first-order valence-corrected chi connectivity index (χ1v) is 15.3. The van der Waals surface area contributed by atoms with Gasteiger partial charge in [0.1, 0.15) is 42.0 Å². The molecule has 220 valence electrons. The third kappa shape index (κ3) is 4.44. The van der Waals surface area contributed by atoms with Crippen molar-refractivity contribution < 1.29 is 18.9 Å². The molecular weight excluding hydrogens is 556 g/mol. The molecule has 0 atom stereocenters. The maximum absolute atomic E-state index is 6.47. The van der Waals surface area contributed by atoms with Crippen molar-refractivity contribution in [3.05, 3.63) is 161 Å². The Bertz CT molecular complexity index is 1980. The second-order valence-electron chi connectivity index (χ2n) is 11.5. The van der Waals surface area contributed by atoms with Crippen molar-refractivity contribution in [3.63, 3.8) is 0 Å². The second-order valence-corrected chi connectivity index (χ2v) is 11.5. The lowest BCUT2D eigenvalue weighted by Gasteiger charge is -2.30. The first kappa shape index (κ1) is 27.1. The summed E-state index contributed by atoms with van der Waals surface area (Å²) in [6, 6.07) is 46.4. The van der Waals surface area contributed by atoms with Crippen LogP contribution in [0, 0.1) is 6.92 Å². The third-order valence-electron chi connectivity index (χ3n) is 8.96. The highest BCUT2D eigenvalue weighted by molar-refractivity contribution is 5.95. The molecule has 0 aliphatic heterocycles. The van der Waals surface area contributed by atoms with Gasteiger partial charge < -0.3 is 18.9 Å². The van der Waals surface area contributed by atoms with E-state index < -0.39 is 5.41 Å². The Morgan fingerprint density at radius 1 is 0.444 bits per heavy atom. The third-order valence-corrected chi connectivity index (χ3v) is 8.96. The molecule has 45 heavy (non-hydrogen) atoms. The zero-order valence-corrected chi connectivity index (χ0v) is 25.2. The van der Waals surface area contributed by atoms with E-state index in [-0.39, 0.29) is 0 Å². The van der Waals surface area contributed by atoms with Crippen LogP contribution >= 0.6 is 0 Å². The van der Waals surface area contributed by atoms with E-state index in [1.807, 2.05) is 48.5 Å². The monoisotopic (exact) mass is 588 g/mol. The normalized spacial score (nSPS) is 13.0. The minimum atomic E-state index is -0.394. The summed E-state index contributed by atoms with van der Waals surface area (Å²) in [5.74, 6) is 3.90. The molecule has 0 radical (unpaired) electrons. The van der Waals surface area contributed by atoms with Crippen molar-refractivity contribution in [1.29, 1.82) is 0 Å². The van der Waals surface area contributed by atoms with Crippen molar-refractivity contribution in [2.24, 2.45) is 0 Å². The van der Waals surface area contributed by atoms with Gasteiger partial charge in [-0.05, 0) is 112 Å². The Morgan fingerprint density at radius 3 is 1.51 bits per heavy atom. The summed E-state index contributed by atoms with van der Waals surface area (Å²) in [6.45, 7) is 3.05. The Kier molecular flexibility index (Phi) is 6.57. The van der Waals surface area contributed by atoms with Crippen molar-refractivity contribution in [2.75, 3.05) is 20.3 Å². The highest BCUT2D eigenvalue weighted by Gasteiger charge is 2.51. The minimum Gasteiger partial charge on any atom is -0.497 e. The zero-order chi connectivity index (χ0) is 30.4. The maximum Gasteiger partial charge on any atom is 0.127 e. The summed E-state index contributed by atoms with van der Waals surface area (Å²) < 4.78 is 23.3. The van der Waals surface area contributed by atoms with Crippen LogP contribution in [0.3, 0.4) is 0 Å². The van der Waals surface area contributed by atoms with Crippen LogP contribution in [0.15, 0.2) is 133 Å². The van der Waals surface area contributed by atoms with Crippen LogP contribution in [0.25, 0.3) is 22.3 Å². The number of rotatable bonds is 8. The Labute approximate surface area is 263 Å². The van der Waals surface area contributed by atoms with Gasteiger partial charge in [-0.3, -0.25) is 0 Å². The molecular formula is C41H32O4. The van der Waals surface area contributed by atoms with Crippen molar-refractivity contribution in [1.82, 2.24) is 0 Å². The van der Waals surface area contributed by atoms with E-state index in [0.29, 0.717) is 13.2 Å². The average Bonchev–Trinajstić information content (AvgIpc) is 3.54. The fourth-order valence-corrected chi connectivity index (χ4v) is 7.03. The summed E-state index contributed by atoms with van der Waals surface area (Å²) in [7, 11) is 1.65. The van der Waals surface area contributed by atoms with Gasteiger partial charge in [-0.1, -0.05) is 78.4 Å². The van der Waals surface area contributed by atoms with Crippen LogP contribution in [0.1, 0.15) is 27.8 Å². The molecule has 0 N–H and O–H groups in total. The van der Waals surface area contributed by atoms with E-state index in [0.717, 1.165) is 28.7 Å². The lowest BCUT2D eigenvalue weighted by molar-refractivity contribution is 0.217. The largest absolute Gasteiger partial charge is 0.497 e. The highest BCUT2D eigenvalue weighted by atomic mass is 16.5. The minimum absolute atomic E-state index is 0.394. The number of fused-ring (bicyclic) bond motifs is 10. The van der Waals surface area contributed by atoms with E-state index in [2.05, 4.69) is 91.9 Å². The molecule has 0 fully saturated rings. The molecule has 6 aromatic rings. The van der Waals surface area contributed by atoms with Gasteiger partial charge >= 0.3 is 0 Å². The van der Waals surface area contributed by atoms with E-state index in [4.69, 9.17) is 18.9 Å². The summed E-state index contributed by atoms with van der Waals surface area (Å²) in [6.07, 6.45) is 0. The molecule has 0 aromatic heterocycles. The van der Waals surface area contributed by atoms with E-state index in [1.165, 1.54) is 50.1 Å². The van der Waals surface area contributed by atoms with Crippen LogP contribution < -0.4 is 18.9 Å². The van der Waals surface area contributed by atoms with Gasteiger partial charge in [0.05, 0.1) is 12.5 Å². The number of aryl methyl sites for hydroxylation is 1. The van der Waals surface area contributed by atoms with Crippen molar-refractivity contribution in [2.45, 2.75) is 12.3 Å². The van der Waals surface area contributed by atoms with Crippen LogP contribution in [0.5, 0.6) is 28.7 Å². The summed E-state index contributed by atoms with van der Waals surface area (Å²) in [5, 5.41) is 0. The average molecular weight is 589 g/mol. The van der Waals surface area contributed by atoms with E-state index in [9.17, 15) is 0 Å². The first-order valence-electron chi connectivity index (χ1n) is 15.3. The van der Waals surface area contributed by atoms with Gasteiger partial charge in [0.25, 0.3) is 0 Å². The Morgan fingerprint density at radius 2 is 0.911 bits per heavy atom. The number of ether oxygens (including phenoxy) is 4. The number of hydrogen-bond acceptors (Lipinski definition) is 4. The smallest absolute Gasteiger partial charge is 0.127 e. The van der Waals surface area contributed by atoms with E-state index in [1.54, 1.807) is 7.11 Å². The van der Waals surface area contributed by atoms with Crippen LogP contribution in [0.4, 0.5) is 0 Å². The molecule has 0 saturated carbocycles. The molecule has 8 rings (SSSR count). The SMILES string of the molecule is COc1ccc(OCCOc2ccc(Oc3ccc4c(c3)C3(c5ccccc5-c5ccccc53)c3cc(C)ccc3-4)cc2)cc1. The standard InChI is InChI=1S/C41H32O4/c1-27-11-21-35-36-22-20-32(45-31-18-16-30(17-19-31)44-24-23-43-29-14-12-28(42-2)13-15-29)26-40(36)41(39(35)25-27)37-9-5-3-7-33(37)34-8-4-6-10-38(34)41/h3-22,25-26H,23-24H2,1-2H3. The fraction of sp³-hybridized carbons (Fsp3) is 0.122. The van der Waals surface area contributed by atoms with Gasteiger partial charge in [0.15, 0.2) is 0 Å². The quantitative estimate of drug-likeness (QED) is 0.166. The van der Waals surface area contributed by atoms with Crippen molar-refractivity contribution in [3.8, 4) is 51.0 Å². The van der Waals surface area contributed by atoms with Gasteiger partial charge in [-0.2, -0.15) is 0 Å². The topological polar surface area (TPSA) is 36.9 Å². The molecule has 4 nitrogen and oxygen atoms in total. The van der Waals surface area contributed by atoms with E-state index >= 15 is 0 Å². The summed E-state index contributed by atoms with van der Waals surface area (Å²) in [5.41, 5.74) is 11.2. The van der Waals surface area contributed by atoms with Gasteiger partial charge in [-0.15, -0.1) is 0 Å². The fourth-order valence-electron chi connectivity index (χ4n) is 7.03. The molecule has 1 spiro atoms. The molecule has 2 aliphatic carbocycles. The molecule has 0 unspecified atom stereocenters. The van der Waals surface area contributed by atoms with Gasteiger partial charge in [0, 0.05) is 0 Å². The number of hydrogen-bond donors (Lipinski definition) is 0. The predicted molar refractivity (Wildman–Crippen MR) is 178 cm³/mol. The molecule has 2 aliphatic rings. The molecule has 0 amide bonds. The predicted octanol–water partition coefficient (Wildman–Crippen LogP) is 9.60. The molecule has 6 aromatic carbocycles. The zero-order valence-electron chi connectivity index (χ0n) is 25.2. The molecule has 0 saturated heterocycles. The van der Waals surface area contributed by atoms with Crippen LogP contribution in [-0.4, -0.2) is 20.3 Å². The second kappa shape index (κ2) is 10.9. The maximum atomic E-state index is 6.47. The highest BCUT2D eigenvalue weighted by Crippen LogP contribution is 2.63. The number of benzene rings is 6. The van der Waals surface area contributed by atoms with Crippen molar-refractivity contribution >= 4 is 0 Å². The lowest BCUT2D eigenvalue weighted by Crippen LogP contribution is -2.26. The molecule has 0 heterocycles. The van der Waals surface area contributed by atoms with Crippen LogP contribution in [-0.2, 0) is 5.41 Å². The first-order chi connectivity index (χ1) is 22.1. The van der Waals surface area contributed by atoms with Gasteiger partial charge in [-0.25, -0.2) is 0 Å². The lowest BCUT2D eigenvalue weighted by atomic mass is 9.70. The summed E-state index contributed by atoms with van der Waals surface area (Å²) >= 11 is 0.